The highest BCUT2D eigenvalue weighted by molar-refractivity contribution is 5.92. The third kappa shape index (κ3) is 5.30. The Kier molecular flexibility index (Phi) is 7.48. The van der Waals surface area contributed by atoms with Gasteiger partial charge in [0.2, 0.25) is 0 Å². The molecular weight excluding hydrogens is 480 g/mol. The fourth-order valence-corrected chi connectivity index (χ4v) is 6.12. The lowest BCUT2D eigenvalue weighted by Gasteiger charge is -2.46. The Morgan fingerprint density at radius 3 is 2.71 bits per heavy atom. The SMILES string of the molecule is C=CC(C)=N/C(C)=C\CC1CC(N(CC2OC(c3ccc4c(N)ncnn34)C3OC(C)(C)OC23)C(C)C)C1. The molecule has 1 saturated carbocycles. The first-order valence-corrected chi connectivity index (χ1v) is 13.8. The Morgan fingerprint density at radius 1 is 1.26 bits per heavy atom. The van der Waals surface area contributed by atoms with Crippen molar-refractivity contribution in [3.05, 3.63) is 48.6 Å². The Labute approximate surface area is 225 Å². The van der Waals surface area contributed by atoms with Crippen molar-refractivity contribution < 1.29 is 14.2 Å². The van der Waals surface area contributed by atoms with E-state index in [1.165, 1.54) is 19.2 Å². The Morgan fingerprint density at radius 2 is 2.00 bits per heavy atom. The number of nitrogens with zero attached hydrogens (tertiary/aromatic N) is 5. The smallest absolute Gasteiger partial charge is 0.164 e. The van der Waals surface area contributed by atoms with Crippen LogP contribution in [0.3, 0.4) is 0 Å². The van der Waals surface area contributed by atoms with Gasteiger partial charge in [-0.3, -0.25) is 9.89 Å². The van der Waals surface area contributed by atoms with Crippen LogP contribution in [0.5, 0.6) is 0 Å². The van der Waals surface area contributed by atoms with Crippen molar-refractivity contribution in [3.8, 4) is 0 Å². The lowest BCUT2D eigenvalue weighted by molar-refractivity contribution is -0.191. The molecule has 2 aromatic heterocycles. The van der Waals surface area contributed by atoms with E-state index < -0.39 is 5.79 Å². The minimum atomic E-state index is -0.669. The summed E-state index contributed by atoms with van der Waals surface area (Å²) >= 11 is 0. The van der Waals surface area contributed by atoms with Gasteiger partial charge in [-0.25, -0.2) is 9.50 Å². The molecule has 3 fully saturated rings. The quantitative estimate of drug-likeness (QED) is 0.477. The summed E-state index contributed by atoms with van der Waals surface area (Å²) in [5.74, 6) is 0.458. The number of hydrogen-bond donors (Lipinski definition) is 1. The molecule has 0 spiro atoms. The second-order valence-electron chi connectivity index (χ2n) is 11.7. The molecule has 4 heterocycles. The first-order valence-electron chi connectivity index (χ1n) is 13.8. The van der Waals surface area contributed by atoms with Gasteiger partial charge < -0.3 is 19.9 Å². The normalized spacial score (nSPS) is 31.3. The molecule has 3 aliphatic rings. The van der Waals surface area contributed by atoms with Gasteiger partial charge in [0.15, 0.2) is 11.6 Å². The lowest BCUT2D eigenvalue weighted by Crippen LogP contribution is -2.52. The molecule has 206 valence electrons. The number of nitrogen functional groups attached to an aromatic ring is 1. The first kappa shape index (κ1) is 27.0. The molecule has 2 N–H and O–H groups in total. The van der Waals surface area contributed by atoms with Crippen LogP contribution in [-0.4, -0.2) is 67.9 Å². The molecule has 4 atom stereocenters. The number of ether oxygens (including phenoxy) is 3. The molecule has 2 aliphatic heterocycles. The average molecular weight is 523 g/mol. The van der Waals surface area contributed by atoms with Gasteiger partial charge in [0, 0.05) is 30.0 Å². The number of nitrogens with two attached hydrogens (primary N) is 1. The number of rotatable bonds is 9. The molecule has 2 aromatic rings. The van der Waals surface area contributed by atoms with E-state index in [4.69, 9.17) is 19.9 Å². The molecule has 9 nitrogen and oxygen atoms in total. The predicted molar refractivity (Wildman–Crippen MR) is 149 cm³/mol. The second-order valence-corrected chi connectivity index (χ2v) is 11.7. The van der Waals surface area contributed by atoms with E-state index in [0.29, 0.717) is 23.8 Å². The van der Waals surface area contributed by atoms with Gasteiger partial charge in [-0.05, 0) is 84.9 Å². The van der Waals surface area contributed by atoms with Crippen molar-refractivity contribution in [1.82, 2.24) is 19.5 Å². The van der Waals surface area contributed by atoms with E-state index >= 15 is 0 Å². The molecule has 9 heteroatoms. The van der Waals surface area contributed by atoms with E-state index in [9.17, 15) is 0 Å². The zero-order chi connectivity index (χ0) is 27.2. The molecule has 0 bridgehead atoms. The molecule has 5 rings (SSSR count). The summed E-state index contributed by atoms with van der Waals surface area (Å²) in [5, 5.41) is 4.44. The summed E-state index contributed by atoms with van der Waals surface area (Å²) < 4.78 is 21.3. The Balaban J connectivity index is 1.29. The van der Waals surface area contributed by atoms with Crippen molar-refractivity contribution >= 4 is 17.0 Å². The van der Waals surface area contributed by atoms with Crippen LogP contribution in [0.15, 0.2) is 47.9 Å². The maximum absolute atomic E-state index is 6.72. The van der Waals surface area contributed by atoms with Crippen LogP contribution in [-0.2, 0) is 14.2 Å². The maximum Gasteiger partial charge on any atom is 0.164 e. The number of anilines is 1. The number of aliphatic imine (C=N–C) groups is 1. The van der Waals surface area contributed by atoms with Gasteiger partial charge in [-0.15, -0.1) is 0 Å². The summed E-state index contributed by atoms with van der Waals surface area (Å²) in [6.45, 7) is 17.1. The van der Waals surface area contributed by atoms with E-state index in [-0.39, 0.29) is 24.4 Å². The zero-order valence-corrected chi connectivity index (χ0v) is 23.5. The van der Waals surface area contributed by atoms with Crippen molar-refractivity contribution in [1.29, 1.82) is 0 Å². The van der Waals surface area contributed by atoms with Crippen LogP contribution in [0.1, 0.15) is 72.6 Å². The third-order valence-electron chi connectivity index (χ3n) is 8.08. The van der Waals surface area contributed by atoms with Crippen molar-refractivity contribution in [2.24, 2.45) is 10.9 Å². The molecule has 2 saturated heterocycles. The largest absolute Gasteiger partial charge is 0.382 e. The molecule has 0 radical (unpaired) electrons. The van der Waals surface area contributed by atoms with E-state index in [2.05, 4.69) is 53.4 Å². The minimum absolute atomic E-state index is 0.115. The van der Waals surface area contributed by atoms with Gasteiger partial charge >= 0.3 is 0 Å². The number of allylic oxidation sites excluding steroid dienone is 3. The van der Waals surface area contributed by atoms with Gasteiger partial charge in [-0.2, -0.15) is 5.10 Å². The topological polar surface area (TPSA) is 99.5 Å². The van der Waals surface area contributed by atoms with Gasteiger partial charge in [0.1, 0.15) is 36.3 Å². The molecule has 0 aromatic carbocycles. The number of aromatic nitrogens is 3. The van der Waals surface area contributed by atoms with Crippen LogP contribution < -0.4 is 5.73 Å². The number of fused-ring (bicyclic) bond motifs is 2. The molecule has 0 amide bonds. The van der Waals surface area contributed by atoms with E-state index in [0.717, 1.165) is 35.6 Å². The minimum Gasteiger partial charge on any atom is -0.382 e. The standard InChI is InChI=1S/C29H42N6O3/c1-8-18(4)33-19(5)9-10-20-13-21(14-20)34(17(2)3)15-24-26-27(38-29(6,7)37-26)25(36-24)22-11-12-23-28(30)31-16-32-35(22)23/h8-9,11-12,16-17,20-21,24-27H,1,10,13-15H2,2-7H3,(H2,30,31,32)/b19-9-,33-18?. The van der Waals surface area contributed by atoms with Crippen molar-refractivity contribution in [3.63, 3.8) is 0 Å². The first-order chi connectivity index (χ1) is 18.1. The summed E-state index contributed by atoms with van der Waals surface area (Å²) in [5.41, 5.74) is 9.78. The molecular formula is C29H42N6O3. The molecule has 4 unspecified atom stereocenters. The summed E-state index contributed by atoms with van der Waals surface area (Å²) in [7, 11) is 0. The van der Waals surface area contributed by atoms with E-state index in [1.54, 1.807) is 6.08 Å². The van der Waals surface area contributed by atoms with Gasteiger partial charge in [0.25, 0.3) is 0 Å². The lowest BCUT2D eigenvalue weighted by atomic mass is 9.76. The van der Waals surface area contributed by atoms with Gasteiger partial charge in [-0.1, -0.05) is 12.7 Å². The highest BCUT2D eigenvalue weighted by atomic mass is 16.8. The van der Waals surface area contributed by atoms with Crippen LogP contribution in [0.2, 0.25) is 0 Å². The number of hydrogen-bond acceptors (Lipinski definition) is 8. The monoisotopic (exact) mass is 522 g/mol. The highest BCUT2D eigenvalue weighted by Crippen LogP contribution is 2.46. The molecule has 38 heavy (non-hydrogen) atoms. The third-order valence-corrected chi connectivity index (χ3v) is 8.08. The average Bonchev–Trinajstić information content (AvgIpc) is 3.48. The zero-order valence-electron chi connectivity index (χ0n) is 23.5. The molecule has 1 aliphatic carbocycles. The van der Waals surface area contributed by atoms with Gasteiger partial charge in [0.05, 0.1) is 5.69 Å². The van der Waals surface area contributed by atoms with Crippen molar-refractivity contribution in [2.75, 3.05) is 12.3 Å². The van der Waals surface area contributed by atoms with Crippen LogP contribution in [0.25, 0.3) is 5.52 Å². The second kappa shape index (κ2) is 10.5. The Bertz CT molecular complexity index is 1230. The maximum atomic E-state index is 6.72. The predicted octanol–water partition coefficient (Wildman–Crippen LogP) is 4.70. The Hall–Kier alpha value is -2.59. The van der Waals surface area contributed by atoms with Crippen LogP contribution in [0.4, 0.5) is 5.82 Å². The fourth-order valence-electron chi connectivity index (χ4n) is 6.12. The van der Waals surface area contributed by atoms with Crippen molar-refractivity contribution in [2.45, 2.75) is 103 Å². The summed E-state index contributed by atoms with van der Waals surface area (Å²) in [6.07, 6.45) is 8.14. The highest BCUT2D eigenvalue weighted by Gasteiger charge is 2.56. The van der Waals surface area contributed by atoms with Crippen LogP contribution in [0, 0.1) is 5.92 Å². The fraction of sp³-hybridized carbons (Fsp3) is 0.621. The van der Waals surface area contributed by atoms with Crippen LogP contribution >= 0.6 is 0 Å². The summed E-state index contributed by atoms with van der Waals surface area (Å²) in [6, 6.07) is 4.87. The summed E-state index contributed by atoms with van der Waals surface area (Å²) in [4.78, 5) is 11.3. The van der Waals surface area contributed by atoms with E-state index in [1.807, 2.05) is 37.4 Å².